The van der Waals surface area contributed by atoms with Crippen molar-refractivity contribution in [1.29, 1.82) is 0 Å². The highest BCUT2D eigenvalue weighted by molar-refractivity contribution is 5.95. The van der Waals surface area contributed by atoms with E-state index in [4.69, 9.17) is 0 Å². The van der Waals surface area contributed by atoms with Crippen molar-refractivity contribution in [3.63, 3.8) is 0 Å². The molecule has 2 N–H and O–H groups in total. The van der Waals surface area contributed by atoms with Crippen LogP contribution in [0.15, 0.2) is 29.4 Å². The number of rotatable bonds is 4. The van der Waals surface area contributed by atoms with Crippen LogP contribution in [0.2, 0.25) is 0 Å². The molecule has 1 aliphatic rings. The number of amides is 1. The molecule has 1 amide bonds. The first-order chi connectivity index (χ1) is 10.7. The third kappa shape index (κ3) is 2.58. The summed E-state index contributed by atoms with van der Waals surface area (Å²) in [6.07, 6.45) is 3.98. The van der Waals surface area contributed by atoms with Crippen LogP contribution >= 0.6 is 0 Å². The van der Waals surface area contributed by atoms with Gasteiger partial charge in [0.15, 0.2) is 5.69 Å². The van der Waals surface area contributed by atoms with Gasteiger partial charge in [-0.1, -0.05) is 12.1 Å². The predicted molar refractivity (Wildman–Crippen MR) is 78.8 cm³/mol. The number of para-hydroxylation sites is 1. The van der Waals surface area contributed by atoms with Gasteiger partial charge >= 0.3 is 0 Å². The second-order valence-corrected chi connectivity index (χ2v) is 4.90. The van der Waals surface area contributed by atoms with E-state index in [9.17, 15) is 14.9 Å². The van der Waals surface area contributed by atoms with Gasteiger partial charge in [0, 0.05) is 17.3 Å². The highest BCUT2D eigenvalue weighted by Gasteiger charge is 2.22. The van der Waals surface area contributed by atoms with Crippen molar-refractivity contribution in [1.82, 2.24) is 15.6 Å². The second kappa shape index (κ2) is 5.76. The Bertz CT molecular complexity index is 766. The fourth-order valence-electron chi connectivity index (χ4n) is 2.48. The standard InChI is InChI=1S/C14H13N5O3/c20-14(13-10-5-3-6-11(10)16-17-13)18-15-8-9-4-1-2-7-12(9)19(21)22/h1-2,4,7-8H,3,5-6H2,(H,16,17)(H,18,20)/b15-8+. The Labute approximate surface area is 125 Å². The maximum atomic E-state index is 12.0. The van der Waals surface area contributed by atoms with E-state index in [-0.39, 0.29) is 5.69 Å². The molecule has 112 valence electrons. The minimum atomic E-state index is -0.496. The molecule has 8 heteroatoms. The summed E-state index contributed by atoms with van der Waals surface area (Å²) < 4.78 is 0. The molecule has 0 radical (unpaired) electrons. The average Bonchev–Trinajstić information content (AvgIpc) is 3.10. The number of nitro benzene ring substituents is 1. The maximum absolute atomic E-state index is 12.0. The molecule has 0 unspecified atom stereocenters. The Morgan fingerprint density at radius 3 is 3.05 bits per heavy atom. The number of carbonyl (C=O) groups excluding carboxylic acids is 1. The van der Waals surface area contributed by atoms with Crippen LogP contribution in [0.1, 0.15) is 33.7 Å². The number of H-pyrrole nitrogens is 1. The van der Waals surface area contributed by atoms with Gasteiger partial charge in [0.1, 0.15) is 0 Å². The van der Waals surface area contributed by atoms with Crippen LogP contribution in [-0.4, -0.2) is 27.2 Å². The van der Waals surface area contributed by atoms with Crippen molar-refractivity contribution in [2.24, 2.45) is 5.10 Å². The largest absolute Gasteiger partial charge is 0.292 e. The van der Waals surface area contributed by atoms with Gasteiger partial charge in [0.25, 0.3) is 11.6 Å². The predicted octanol–water partition coefficient (Wildman–Crippen LogP) is 1.57. The van der Waals surface area contributed by atoms with E-state index in [1.165, 1.54) is 12.3 Å². The molecule has 1 aliphatic carbocycles. The van der Waals surface area contributed by atoms with Crippen LogP contribution in [0, 0.1) is 10.1 Å². The number of fused-ring (bicyclic) bond motifs is 1. The van der Waals surface area contributed by atoms with Crippen LogP contribution in [0.5, 0.6) is 0 Å². The minimum Gasteiger partial charge on any atom is -0.281 e. The highest BCUT2D eigenvalue weighted by Crippen LogP contribution is 2.22. The number of aromatic nitrogens is 2. The molecule has 0 saturated heterocycles. The molecule has 1 heterocycles. The van der Waals surface area contributed by atoms with Gasteiger partial charge in [0.2, 0.25) is 0 Å². The summed E-state index contributed by atoms with van der Waals surface area (Å²) in [5.41, 5.74) is 4.87. The number of nitrogens with one attached hydrogen (secondary N) is 2. The lowest BCUT2D eigenvalue weighted by atomic mass is 10.2. The molecule has 0 saturated carbocycles. The number of hydrogen-bond donors (Lipinski definition) is 2. The van der Waals surface area contributed by atoms with Crippen molar-refractivity contribution in [2.75, 3.05) is 0 Å². The molecule has 0 bridgehead atoms. The first-order valence-corrected chi connectivity index (χ1v) is 6.80. The maximum Gasteiger partial charge on any atom is 0.292 e. The molecular formula is C14H13N5O3. The Balaban J connectivity index is 1.72. The van der Waals surface area contributed by atoms with Gasteiger partial charge in [-0.05, 0) is 25.3 Å². The highest BCUT2D eigenvalue weighted by atomic mass is 16.6. The van der Waals surface area contributed by atoms with Crippen LogP contribution in [-0.2, 0) is 12.8 Å². The summed E-state index contributed by atoms with van der Waals surface area (Å²) in [6, 6.07) is 6.17. The molecule has 22 heavy (non-hydrogen) atoms. The average molecular weight is 299 g/mol. The van der Waals surface area contributed by atoms with Gasteiger partial charge in [-0.2, -0.15) is 10.2 Å². The third-order valence-electron chi connectivity index (χ3n) is 3.52. The summed E-state index contributed by atoms with van der Waals surface area (Å²) in [5, 5.41) is 21.5. The molecule has 1 aromatic heterocycles. The first-order valence-electron chi connectivity index (χ1n) is 6.80. The van der Waals surface area contributed by atoms with Crippen LogP contribution in [0.3, 0.4) is 0 Å². The van der Waals surface area contributed by atoms with Gasteiger partial charge in [-0.3, -0.25) is 20.0 Å². The normalized spacial score (nSPS) is 13.3. The Hall–Kier alpha value is -3.03. The van der Waals surface area contributed by atoms with Crippen molar-refractivity contribution < 1.29 is 9.72 Å². The second-order valence-electron chi connectivity index (χ2n) is 4.90. The summed E-state index contributed by atoms with van der Waals surface area (Å²) in [6.45, 7) is 0. The summed E-state index contributed by atoms with van der Waals surface area (Å²) in [4.78, 5) is 22.4. The first kappa shape index (κ1) is 13.9. The molecule has 0 spiro atoms. The number of nitrogens with zero attached hydrogens (tertiary/aromatic N) is 3. The molecule has 3 rings (SSSR count). The molecule has 2 aromatic rings. The topological polar surface area (TPSA) is 113 Å². The Morgan fingerprint density at radius 2 is 2.23 bits per heavy atom. The number of carbonyl (C=O) groups is 1. The quantitative estimate of drug-likeness (QED) is 0.506. The van der Waals surface area contributed by atoms with Crippen LogP contribution in [0.4, 0.5) is 5.69 Å². The zero-order chi connectivity index (χ0) is 15.5. The molecule has 0 atom stereocenters. The molecule has 8 nitrogen and oxygen atoms in total. The molecular weight excluding hydrogens is 286 g/mol. The zero-order valence-electron chi connectivity index (χ0n) is 11.6. The number of benzene rings is 1. The third-order valence-corrected chi connectivity index (χ3v) is 3.52. The lowest BCUT2D eigenvalue weighted by molar-refractivity contribution is -0.385. The lowest BCUT2D eigenvalue weighted by Crippen LogP contribution is -2.19. The smallest absolute Gasteiger partial charge is 0.281 e. The van der Waals surface area contributed by atoms with Crippen molar-refractivity contribution in [3.8, 4) is 0 Å². The summed E-state index contributed by atoms with van der Waals surface area (Å²) in [7, 11) is 0. The number of hydrogen-bond acceptors (Lipinski definition) is 5. The van der Waals surface area contributed by atoms with Crippen molar-refractivity contribution >= 4 is 17.8 Å². The number of hydrazone groups is 1. The van der Waals surface area contributed by atoms with Crippen molar-refractivity contribution in [2.45, 2.75) is 19.3 Å². The van der Waals surface area contributed by atoms with E-state index in [0.717, 1.165) is 30.5 Å². The summed E-state index contributed by atoms with van der Waals surface area (Å²) in [5.74, 6) is -0.422. The Morgan fingerprint density at radius 1 is 1.41 bits per heavy atom. The fourth-order valence-corrected chi connectivity index (χ4v) is 2.48. The van der Waals surface area contributed by atoms with E-state index in [2.05, 4.69) is 20.7 Å². The van der Waals surface area contributed by atoms with Crippen molar-refractivity contribution in [3.05, 3.63) is 56.9 Å². The van der Waals surface area contributed by atoms with Crippen LogP contribution in [0.25, 0.3) is 0 Å². The lowest BCUT2D eigenvalue weighted by Gasteiger charge is -1.99. The SMILES string of the molecule is O=C(N/N=C/c1ccccc1[N+](=O)[O-])c1n[nH]c2c1CCC2. The summed E-state index contributed by atoms with van der Waals surface area (Å²) >= 11 is 0. The van der Waals surface area contributed by atoms with Gasteiger partial charge < -0.3 is 0 Å². The van der Waals surface area contributed by atoms with E-state index < -0.39 is 10.8 Å². The molecule has 0 aliphatic heterocycles. The van der Waals surface area contributed by atoms with E-state index in [1.54, 1.807) is 18.2 Å². The van der Waals surface area contributed by atoms with Gasteiger partial charge in [0.05, 0.1) is 16.7 Å². The van der Waals surface area contributed by atoms with Gasteiger partial charge in [-0.25, -0.2) is 5.43 Å². The zero-order valence-corrected chi connectivity index (χ0v) is 11.6. The molecule has 1 aromatic carbocycles. The van der Waals surface area contributed by atoms with E-state index in [1.807, 2.05) is 0 Å². The number of nitro groups is 1. The number of aromatic amines is 1. The Kier molecular flexibility index (Phi) is 3.65. The van der Waals surface area contributed by atoms with E-state index >= 15 is 0 Å². The minimum absolute atomic E-state index is 0.0684. The molecule has 0 fully saturated rings. The van der Waals surface area contributed by atoms with Gasteiger partial charge in [-0.15, -0.1) is 0 Å². The fraction of sp³-hybridized carbons (Fsp3) is 0.214. The van der Waals surface area contributed by atoms with E-state index in [0.29, 0.717) is 11.3 Å². The monoisotopic (exact) mass is 299 g/mol. The van der Waals surface area contributed by atoms with Crippen LogP contribution < -0.4 is 5.43 Å². The number of aryl methyl sites for hydroxylation is 1.